The highest BCUT2D eigenvalue weighted by molar-refractivity contribution is 5.86. The Labute approximate surface area is 189 Å². The van der Waals surface area contributed by atoms with Crippen LogP contribution in [-0.2, 0) is 4.79 Å². The van der Waals surface area contributed by atoms with Gasteiger partial charge in [-0.3, -0.25) is 4.79 Å². The molecule has 32 heavy (non-hydrogen) atoms. The largest absolute Gasteiger partial charge is 0.393 e. The lowest BCUT2D eigenvalue weighted by molar-refractivity contribution is -0.139. The van der Waals surface area contributed by atoms with Crippen molar-refractivity contribution in [2.45, 2.75) is 57.1 Å². The molecule has 3 heterocycles. The lowest BCUT2D eigenvalue weighted by atomic mass is 9.78. The minimum Gasteiger partial charge on any atom is -0.393 e. The summed E-state index contributed by atoms with van der Waals surface area (Å²) in [6.07, 6.45) is 7.69. The Balaban J connectivity index is 1.36. The van der Waals surface area contributed by atoms with Crippen LogP contribution in [0.25, 0.3) is 11.1 Å². The van der Waals surface area contributed by atoms with E-state index in [4.69, 9.17) is 4.98 Å². The molecule has 1 N–H and O–H groups in total. The number of pyridine rings is 1. The molecule has 1 aliphatic carbocycles. The molecule has 6 heteroatoms. The lowest BCUT2D eigenvalue weighted by Crippen LogP contribution is -2.50. The average molecular weight is 431 g/mol. The highest BCUT2D eigenvalue weighted by Crippen LogP contribution is 2.43. The van der Waals surface area contributed by atoms with E-state index in [-0.39, 0.29) is 23.5 Å². The molecule has 1 spiro atoms. The molecule has 2 aromatic rings. The van der Waals surface area contributed by atoms with Gasteiger partial charge >= 0.3 is 0 Å². The fourth-order valence-corrected chi connectivity index (χ4v) is 5.84. The molecule has 1 atom stereocenters. The van der Waals surface area contributed by atoms with E-state index < -0.39 is 0 Å². The van der Waals surface area contributed by atoms with Gasteiger partial charge in [0.1, 0.15) is 11.9 Å². The van der Waals surface area contributed by atoms with Crippen LogP contribution in [0.15, 0.2) is 42.6 Å². The van der Waals surface area contributed by atoms with Gasteiger partial charge in [0.15, 0.2) is 0 Å². The maximum atomic E-state index is 13.6. The monoisotopic (exact) mass is 430 g/mol. The minimum absolute atomic E-state index is 0.211. The van der Waals surface area contributed by atoms with Gasteiger partial charge in [-0.25, -0.2) is 4.98 Å². The van der Waals surface area contributed by atoms with Crippen molar-refractivity contribution in [1.29, 1.82) is 5.26 Å². The van der Waals surface area contributed by atoms with Gasteiger partial charge in [0.05, 0.1) is 17.1 Å². The second-order valence-corrected chi connectivity index (χ2v) is 9.59. The van der Waals surface area contributed by atoms with Crippen LogP contribution in [0.4, 0.5) is 5.82 Å². The van der Waals surface area contributed by atoms with Crippen LogP contribution in [0.3, 0.4) is 0 Å². The number of hydrogen-bond donors (Lipinski definition) is 1. The van der Waals surface area contributed by atoms with Crippen molar-refractivity contribution in [3.63, 3.8) is 0 Å². The molecule has 1 aromatic carbocycles. The number of likely N-dealkylation sites (tertiary alicyclic amines) is 1. The third kappa shape index (κ3) is 3.75. The van der Waals surface area contributed by atoms with E-state index in [1.807, 2.05) is 42.6 Å². The molecule has 2 aliphatic heterocycles. The SMILES string of the molecule is N#Cc1cc(-c2ccccc2)cnc1N1CCC[C@]2(CCN(C3CCC(O)CC3)C2=O)C1. The number of carbonyl (C=O) groups excluding carboxylic acids is 1. The van der Waals surface area contributed by atoms with Gasteiger partial charge in [-0.05, 0) is 56.6 Å². The van der Waals surface area contributed by atoms with Gasteiger partial charge in [0.2, 0.25) is 5.91 Å². The molecule has 1 amide bonds. The maximum Gasteiger partial charge on any atom is 0.230 e. The Hall–Kier alpha value is -2.91. The Kier molecular flexibility index (Phi) is 5.60. The number of benzene rings is 1. The van der Waals surface area contributed by atoms with Crippen LogP contribution in [-0.4, -0.2) is 52.7 Å². The van der Waals surface area contributed by atoms with Crippen molar-refractivity contribution in [2.24, 2.45) is 5.41 Å². The molecule has 3 aliphatic rings. The molecule has 1 aromatic heterocycles. The van der Waals surface area contributed by atoms with Crippen LogP contribution in [0.2, 0.25) is 0 Å². The lowest BCUT2D eigenvalue weighted by Gasteiger charge is -2.41. The summed E-state index contributed by atoms with van der Waals surface area (Å²) in [5.74, 6) is 0.960. The molecular formula is C26H30N4O2. The van der Waals surface area contributed by atoms with E-state index in [1.165, 1.54) is 0 Å². The summed E-state index contributed by atoms with van der Waals surface area (Å²) in [5, 5.41) is 19.7. The molecule has 0 unspecified atom stereocenters. The number of hydrogen-bond acceptors (Lipinski definition) is 5. The molecule has 2 saturated heterocycles. The van der Waals surface area contributed by atoms with Crippen molar-refractivity contribution < 1.29 is 9.90 Å². The number of carbonyl (C=O) groups is 1. The summed E-state index contributed by atoms with van der Waals surface area (Å²) in [7, 11) is 0. The van der Waals surface area contributed by atoms with E-state index >= 15 is 0 Å². The first-order valence-electron chi connectivity index (χ1n) is 11.8. The predicted molar refractivity (Wildman–Crippen MR) is 123 cm³/mol. The van der Waals surface area contributed by atoms with Crippen molar-refractivity contribution in [3.8, 4) is 17.2 Å². The number of aliphatic hydroxyl groups is 1. The fourth-order valence-electron chi connectivity index (χ4n) is 5.84. The highest BCUT2D eigenvalue weighted by atomic mass is 16.3. The Morgan fingerprint density at radius 2 is 1.84 bits per heavy atom. The van der Waals surface area contributed by atoms with Gasteiger partial charge in [-0.2, -0.15) is 5.26 Å². The molecule has 1 saturated carbocycles. The second kappa shape index (κ2) is 8.55. The van der Waals surface area contributed by atoms with Crippen molar-refractivity contribution in [3.05, 3.63) is 48.2 Å². The Morgan fingerprint density at radius 3 is 2.59 bits per heavy atom. The summed E-state index contributed by atoms with van der Waals surface area (Å²) in [4.78, 5) is 22.5. The van der Waals surface area contributed by atoms with Gasteiger partial charge in [0, 0.05) is 37.4 Å². The summed E-state index contributed by atoms with van der Waals surface area (Å²) in [5.41, 5.74) is 2.16. The molecule has 3 fully saturated rings. The zero-order valence-electron chi connectivity index (χ0n) is 18.4. The topological polar surface area (TPSA) is 80.5 Å². The number of nitriles is 1. The fraction of sp³-hybridized carbons (Fsp3) is 0.500. The van der Waals surface area contributed by atoms with Crippen LogP contribution >= 0.6 is 0 Å². The Bertz CT molecular complexity index is 1030. The summed E-state index contributed by atoms with van der Waals surface area (Å²) < 4.78 is 0. The summed E-state index contributed by atoms with van der Waals surface area (Å²) >= 11 is 0. The molecule has 0 bridgehead atoms. The number of anilines is 1. The van der Waals surface area contributed by atoms with E-state index in [0.29, 0.717) is 17.9 Å². The van der Waals surface area contributed by atoms with E-state index in [2.05, 4.69) is 15.9 Å². The van der Waals surface area contributed by atoms with Crippen molar-refractivity contribution >= 4 is 11.7 Å². The zero-order chi connectivity index (χ0) is 22.1. The van der Waals surface area contributed by atoms with Crippen molar-refractivity contribution in [2.75, 3.05) is 24.5 Å². The van der Waals surface area contributed by atoms with Crippen LogP contribution in [0, 0.1) is 16.7 Å². The molecule has 0 radical (unpaired) electrons. The first kappa shape index (κ1) is 21.0. The first-order chi connectivity index (χ1) is 15.6. The molecular weight excluding hydrogens is 400 g/mol. The van der Waals surface area contributed by atoms with E-state index in [1.54, 1.807) is 0 Å². The standard InChI is InChI=1S/C26H30N4O2/c27-16-20-15-21(19-5-2-1-3-6-19)17-28-24(20)29-13-4-11-26(18-29)12-14-30(25(26)32)22-7-9-23(31)10-8-22/h1-3,5-6,15,17,22-23,31H,4,7-14,18H2/t22?,23?,26-/m0/s1. The number of rotatable bonds is 3. The molecule has 6 nitrogen and oxygen atoms in total. The van der Waals surface area contributed by atoms with E-state index in [0.717, 1.165) is 69.2 Å². The van der Waals surface area contributed by atoms with Crippen LogP contribution in [0.5, 0.6) is 0 Å². The smallest absolute Gasteiger partial charge is 0.230 e. The average Bonchev–Trinajstić information content (AvgIpc) is 3.15. The number of piperidine rings is 1. The summed E-state index contributed by atoms with van der Waals surface area (Å²) in [6, 6.07) is 14.5. The third-order valence-corrected chi connectivity index (χ3v) is 7.62. The first-order valence-corrected chi connectivity index (χ1v) is 11.8. The molecule has 5 rings (SSSR count). The number of aliphatic hydroxyl groups excluding tert-OH is 1. The molecule has 166 valence electrons. The quantitative estimate of drug-likeness (QED) is 0.802. The van der Waals surface area contributed by atoms with Gasteiger partial charge in [-0.15, -0.1) is 0 Å². The van der Waals surface area contributed by atoms with Crippen LogP contribution < -0.4 is 4.90 Å². The minimum atomic E-state index is -0.374. The van der Waals surface area contributed by atoms with Gasteiger partial charge < -0.3 is 14.9 Å². The normalized spacial score (nSPS) is 28.2. The van der Waals surface area contributed by atoms with Crippen molar-refractivity contribution in [1.82, 2.24) is 9.88 Å². The summed E-state index contributed by atoms with van der Waals surface area (Å²) in [6.45, 7) is 2.25. The van der Waals surface area contributed by atoms with E-state index in [9.17, 15) is 15.2 Å². The number of amides is 1. The number of nitrogens with zero attached hydrogens (tertiary/aromatic N) is 4. The van der Waals surface area contributed by atoms with Crippen LogP contribution in [0.1, 0.15) is 50.5 Å². The Morgan fingerprint density at radius 1 is 1.06 bits per heavy atom. The zero-order valence-corrected chi connectivity index (χ0v) is 18.4. The maximum absolute atomic E-state index is 13.6. The van der Waals surface area contributed by atoms with Gasteiger partial charge in [0.25, 0.3) is 0 Å². The third-order valence-electron chi connectivity index (χ3n) is 7.62. The number of aromatic nitrogens is 1. The van der Waals surface area contributed by atoms with Gasteiger partial charge in [-0.1, -0.05) is 30.3 Å². The second-order valence-electron chi connectivity index (χ2n) is 9.59. The highest BCUT2D eigenvalue weighted by Gasteiger charge is 2.51. The predicted octanol–water partition coefficient (Wildman–Crippen LogP) is 3.74.